The van der Waals surface area contributed by atoms with Crippen LogP contribution in [0.4, 0.5) is 57.1 Å². The summed E-state index contributed by atoms with van der Waals surface area (Å²) in [7, 11) is 0. The monoisotopic (exact) mass is 522 g/mol. The summed E-state index contributed by atoms with van der Waals surface area (Å²) in [6.45, 7) is 0. The van der Waals surface area contributed by atoms with Crippen LogP contribution in [0.2, 0.25) is 0 Å². The van der Waals surface area contributed by atoms with Crippen LogP contribution in [-0.4, -0.2) is 87.3 Å². The summed E-state index contributed by atoms with van der Waals surface area (Å²) in [6, 6.07) is 0. The maximum Gasteiger partial charge on any atom is 0.460 e. The molecule has 194 valence electrons. The highest BCUT2D eigenvalue weighted by atomic mass is 19.4. The van der Waals surface area contributed by atoms with Crippen LogP contribution in [0.15, 0.2) is 0 Å². The normalized spacial score (nSPS) is 32.2. The van der Waals surface area contributed by atoms with Gasteiger partial charge in [0.1, 0.15) is 6.10 Å². The Morgan fingerprint density at radius 2 is 1.24 bits per heavy atom. The fourth-order valence-electron chi connectivity index (χ4n) is 3.08. The molecule has 2 heterocycles. The molecule has 0 spiro atoms. The quantitative estimate of drug-likeness (QED) is 0.351. The molecule has 2 saturated heterocycles. The van der Waals surface area contributed by atoms with Crippen molar-refractivity contribution in [1.29, 1.82) is 0 Å². The molecule has 2 aliphatic heterocycles. The average Bonchev–Trinajstić information content (AvgIpc) is 3.06. The van der Waals surface area contributed by atoms with E-state index in [4.69, 9.17) is 0 Å². The van der Waals surface area contributed by atoms with Gasteiger partial charge in [0.15, 0.2) is 24.1 Å². The molecule has 5 atom stereocenters. The molecule has 0 aliphatic carbocycles. The van der Waals surface area contributed by atoms with Gasteiger partial charge in [-0.1, -0.05) is 0 Å². The first kappa shape index (κ1) is 27.6. The maximum absolute atomic E-state index is 13.9. The molecule has 0 amide bonds. The molecule has 33 heavy (non-hydrogen) atoms. The van der Waals surface area contributed by atoms with Crippen LogP contribution >= 0.6 is 0 Å². The minimum atomic E-state index is -8.08. The summed E-state index contributed by atoms with van der Waals surface area (Å²) in [4.78, 5) is 11.2. The average molecular weight is 522 g/mol. The minimum Gasteiger partial charge on any atom is -0.454 e. The number of rotatable bonds is 7. The Labute approximate surface area is 172 Å². The zero-order chi connectivity index (χ0) is 26.2. The number of alkyl halides is 13. The number of aliphatic hydroxyl groups is 3. The van der Waals surface area contributed by atoms with Gasteiger partial charge in [0.05, 0.1) is 0 Å². The van der Waals surface area contributed by atoms with Gasteiger partial charge in [-0.25, -0.2) is 4.79 Å². The third kappa shape index (κ3) is 3.61. The van der Waals surface area contributed by atoms with Crippen LogP contribution in [0.1, 0.15) is 12.8 Å². The third-order valence-electron chi connectivity index (χ3n) is 5.14. The van der Waals surface area contributed by atoms with Crippen molar-refractivity contribution in [2.75, 3.05) is 0 Å². The number of fused-ring (bicyclic) bond motifs is 1. The molecular formula is C14H11F13O6. The van der Waals surface area contributed by atoms with E-state index in [1.807, 2.05) is 0 Å². The number of aliphatic hydroxyl groups excluding tert-OH is 2. The number of ether oxygens (including phenoxy) is 2. The van der Waals surface area contributed by atoms with E-state index in [0.717, 1.165) is 0 Å². The molecule has 2 rings (SSSR count). The highest BCUT2D eigenvalue weighted by Crippen LogP contribution is 2.61. The van der Waals surface area contributed by atoms with Crippen LogP contribution in [0.25, 0.3) is 0 Å². The van der Waals surface area contributed by atoms with E-state index in [1.165, 1.54) is 0 Å². The molecule has 0 saturated carbocycles. The van der Waals surface area contributed by atoms with Crippen molar-refractivity contribution in [2.45, 2.75) is 78.8 Å². The lowest BCUT2D eigenvalue weighted by Crippen LogP contribution is -2.70. The van der Waals surface area contributed by atoms with Crippen molar-refractivity contribution < 1.29 is 86.7 Å². The topological polar surface area (TPSA) is 96.2 Å². The molecule has 19 heteroatoms. The highest BCUT2D eigenvalue weighted by Gasteiger charge is 2.90. The van der Waals surface area contributed by atoms with Gasteiger partial charge >= 0.3 is 41.8 Å². The van der Waals surface area contributed by atoms with E-state index in [9.17, 15) is 77.2 Å². The lowest BCUT2D eigenvalue weighted by atomic mass is 9.85. The van der Waals surface area contributed by atoms with Gasteiger partial charge in [0.25, 0.3) is 0 Å². The number of carbonyl (C=O) groups excluding carboxylic acids is 1. The van der Waals surface area contributed by atoms with Crippen LogP contribution in [-0.2, 0) is 14.3 Å². The Morgan fingerprint density at radius 1 is 0.788 bits per heavy atom. The molecule has 0 aromatic rings. The molecule has 3 N–H and O–H groups in total. The molecule has 0 radical (unpaired) electrons. The maximum atomic E-state index is 13.9. The van der Waals surface area contributed by atoms with Crippen molar-refractivity contribution in [3.63, 3.8) is 0 Å². The summed E-state index contributed by atoms with van der Waals surface area (Å²) in [5.41, 5.74) is -3.33. The standard InChI is InChI=1S/C14H11F13O6/c15-9(16,2-1-8(31)5-4(32-7(8)30)3(28)6(29)33-5)10(17,18)11(19,20)12(21,22)13(23,24)14(25,26)27/h3-5,7,28,30-31H,1-2H2/t3-,4+,5-,7+,8+/m0/s1. The fourth-order valence-corrected chi connectivity index (χ4v) is 3.08. The first-order valence-electron chi connectivity index (χ1n) is 8.30. The van der Waals surface area contributed by atoms with Gasteiger partial charge < -0.3 is 24.8 Å². The van der Waals surface area contributed by atoms with Crippen molar-refractivity contribution >= 4 is 5.97 Å². The van der Waals surface area contributed by atoms with Gasteiger partial charge in [-0.15, -0.1) is 0 Å². The lowest BCUT2D eigenvalue weighted by Gasteiger charge is -2.40. The molecule has 2 fully saturated rings. The lowest BCUT2D eigenvalue weighted by molar-refractivity contribution is -0.440. The van der Waals surface area contributed by atoms with Crippen LogP contribution in [0.3, 0.4) is 0 Å². The molecule has 0 aromatic carbocycles. The number of halogens is 13. The first-order valence-corrected chi connectivity index (χ1v) is 8.30. The summed E-state index contributed by atoms with van der Waals surface area (Å²) >= 11 is 0. The van der Waals surface area contributed by atoms with Gasteiger partial charge in [0.2, 0.25) is 0 Å². The molecule has 2 aliphatic rings. The minimum absolute atomic E-state index is 1.56. The largest absolute Gasteiger partial charge is 0.460 e. The van der Waals surface area contributed by atoms with E-state index in [0.29, 0.717) is 0 Å². The van der Waals surface area contributed by atoms with Crippen molar-refractivity contribution in [2.24, 2.45) is 0 Å². The van der Waals surface area contributed by atoms with E-state index in [1.54, 1.807) is 0 Å². The number of hydrogen-bond donors (Lipinski definition) is 3. The highest BCUT2D eigenvalue weighted by molar-refractivity contribution is 5.78. The Hall–Kier alpha value is -1.60. The predicted octanol–water partition coefficient (Wildman–Crippen LogP) is 2.24. The van der Waals surface area contributed by atoms with Crippen molar-refractivity contribution in [3.05, 3.63) is 0 Å². The SMILES string of the molecule is O=C1O[C@H]2[C@H](O[C@@H](O)[C@@]2(O)CCC(F)(F)C(F)(F)C(F)(F)C(F)(F)C(F)(F)C(F)(F)F)[C@@H]1O. The summed E-state index contributed by atoms with van der Waals surface area (Å²) < 4.78 is 179. The number of carbonyl (C=O) groups is 1. The third-order valence-corrected chi connectivity index (χ3v) is 5.14. The molecule has 0 bridgehead atoms. The number of esters is 1. The Bertz CT molecular complexity index is 784. The Morgan fingerprint density at radius 3 is 1.70 bits per heavy atom. The predicted molar refractivity (Wildman–Crippen MR) is 71.7 cm³/mol. The molecule has 6 nitrogen and oxygen atoms in total. The van der Waals surface area contributed by atoms with Crippen LogP contribution < -0.4 is 0 Å². The van der Waals surface area contributed by atoms with Crippen LogP contribution in [0, 0.1) is 0 Å². The van der Waals surface area contributed by atoms with E-state index in [2.05, 4.69) is 9.47 Å². The second kappa shape index (κ2) is 7.45. The summed E-state index contributed by atoms with van der Waals surface area (Å²) in [6.07, 6.45) is -21.6. The van der Waals surface area contributed by atoms with Crippen LogP contribution in [0.5, 0.6) is 0 Å². The summed E-state index contributed by atoms with van der Waals surface area (Å²) in [5, 5.41) is 29.1. The summed E-state index contributed by atoms with van der Waals surface area (Å²) in [5.74, 6) is -39.6. The second-order valence-electron chi connectivity index (χ2n) is 7.25. The van der Waals surface area contributed by atoms with Crippen molar-refractivity contribution in [3.8, 4) is 0 Å². The molecule has 0 unspecified atom stereocenters. The molecule has 0 aromatic heterocycles. The van der Waals surface area contributed by atoms with Gasteiger partial charge in [-0.05, 0) is 6.42 Å². The van der Waals surface area contributed by atoms with E-state index >= 15 is 0 Å². The first-order chi connectivity index (χ1) is 14.4. The van der Waals surface area contributed by atoms with Gasteiger partial charge in [-0.3, -0.25) is 0 Å². The van der Waals surface area contributed by atoms with Gasteiger partial charge in [-0.2, -0.15) is 57.1 Å². The van der Waals surface area contributed by atoms with E-state index in [-0.39, 0.29) is 0 Å². The molecular weight excluding hydrogens is 511 g/mol. The van der Waals surface area contributed by atoms with E-state index < -0.39 is 84.8 Å². The zero-order valence-electron chi connectivity index (χ0n) is 15.2. The fraction of sp³-hybridized carbons (Fsp3) is 0.929. The Kier molecular flexibility index (Phi) is 6.24. The number of hydrogen-bond acceptors (Lipinski definition) is 6. The zero-order valence-corrected chi connectivity index (χ0v) is 15.2. The van der Waals surface area contributed by atoms with Crippen molar-refractivity contribution in [1.82, 2.24) is 0 Å². The second-order valence-corrected chi connectivity index (χ2v) is 7.25. The smallest absolute Gasteiger partial charge is 0.454 e. The Balaban J connectivity index is 2.34. The van der Waals surface area contributed by atoms with Gasteiger partial charge in [0, 0.05) is 6.42 Å².